The van der Waals surface area contributed by atoms with Crippen molar-refractivity contribution >= 4 is 33.4 Å². The van der Waals surface area contributed by atoms with E-state index in [4.69, 9.17) is 9.15 Å². The van der Waals surface area contributed by atoms with Gasteiger partial charge in [0, 0.05) is 17.0 Å². The minimum atomic E-state index is -0.525. The molecule has 0 bridgehead atoms. The Morgan fingerprint density at radius 3 is 2.92 bits per heavy atom. The maximum Gasteiger partial charge on any atom is 0.247 e. The Hall–Kier alpha value is -2.32. The van der Waals surface area contributed by atoms with E-state index in [2.05, 4.69) is 43.0 Å². The van der Waals surface area contributed by atoms with E-state index in [1.165, 1.54) is 11.8 Å². The largest absolute Gasteiger partial charge is 0.448 e. The summed E-state index contributed by atoms with van der Waals surface area (Å²) in [5.41, 5.74) is 2.35. The molecule has 1 atom stereocenters. The summed E-state index contributed by atoms with van der Waals surface area (Å²) in [6.07, 6.45) is 1.27. The van der Waals surface area contributed by atoms with Gasteiger partial charge in [0.2, 0.25) is 17.3 Å². The van der Waals surface area contributed by atoms with Crippen molar-refractivity contribution < 1.29 is 9.15 Å². The molecule has 2 aromatic heterocycles. The minimum absolute atomic E-state index is 0.413. The van der Waals surface area contributed by atoms with Crippen LogP contribution in [0.5, 0.6) is 5.88 Å². The van der Waals surface area contributed by atoms with Gasteiger partial charge in [-0.05, 0) is 34.1 Å². The molecule has 0 fully saturated rings. The molecule has 6 nitrogen and oxygen atoms in total. The maximum absolute atomic E-state index is 6.08. The zero-order chi connectivity index (χ0) is 17.2. The quantitative estimate of drug-likeness (QED) is 0.488. The Bertz CT molecular complexity index is 931. The summed E-state index contributed by atoms with van der Waals surface area (Å²) in [5, 5.41) is 12.4. The lowest BCUT2D eigenvalue weighted by Crippen LogP contribution is -2.16. The van der Waals surface area contributed by atoms with Gasteiger partial charge >= 0.3 is 0 Å². The highest BCUT2D eigenvalue weighted by atomic mass is 79.9. The molecule has 1 aromatic carbocycles. The molecule has 1 aliphatic heterocycles. The summed E-state index contributed by atoms with van der Waals surface area (Å²) in [6.45, 7) is 3.71. The lowest BCUT2D eigenvalue weighted by Gasteiger charge is -2.16. The first-order valence-electron chi connectivity index (χ1n) is 7.51. The van der Waals surface area contributed by atoms with Gasteiger partial charge in [-0.25, -0.2) is 0 Å². The summed E-state index contributed by atoms with van der Waals surface area (Å²) in [5.74, 6) is 1.74. The highest BCUT2D eigenvalue weighted by Crippen LogP contribution is 2.39. The van der Waals surface area contributed by atoms with E-state index < -0.39 is 6.23 Å². The van der Waals surface area contributed by atoms with Crippen LogP contribution in [0.4, 0.5) is 5.69 Å². The number of hydrogen-bond donors (Lipinski definition) is 1. The molecule has 1 N–H and O–H groups in total. The van der Waals surface area contributed by atoms with Crippen LogP contribution in [0.2, 0.25) is 0 Å². The lowest BCUT2D eigenvalue weighted by atomic mass is 10.1. The number of furan rings is 1. The fraction of sp³-hybridized carbons (Fsp3) is 0.118. The van der Waals surface area contributed by atoms with Crippen molar-refractivity contribution in [2.45, 2.75) is 11.4 Å². The number of fused-ring (bicyclic) bond motifs is 3. The minimum Gasteiger partial charge on any atom is -0.448 e. The first-order valence-corrected chi connectivity index (χ1v) is 9.28. The van der Waals surface area contributed by atoms with Gasteiger partial charge in [-0.2, -0.15) is 4.98 Å². The summed E-state index contributed by atoms with van der Waals surface area (Å²) in [7, 11) is 0. The van der Waals surface area contributed by atoms with Crippen molar-refractivity contribution in [3.05, 3.63) is 59.5 Å². The summed E-state index contributed by atoms with van der Waals surface area (Å²) < 4.78 is 12.4. The van der Waals surface area contributed by atoms with Gasteiger partial charge < -0.3 is 14.5 Å². The summed E-state index contributed by atoms with van der Waals surface area (Å²) in [4.78, 5) is 4.52. The third kappa shape index (κ3) is 3.27. The van der Waals surface area contributed by atoms with Crippen LogP contribution in [0.25, 0.3) is 11.3 Å². The van der Waals surface area contributed by atoms with Crippen LogP contribution in [0, 0.1) is 0 Å². The van der Waals surface area contributed by atoms with Crippen LogP contribution >= 0.6 is 27.7 Å². The zero-order valence-electron chi connectivity index (χ0n) is 13.0. The smallest absolute Gasteiger partial charge is 0.247 e. The van der Waals surface area contributed by atoms with Gasteiger partial charge in [0.15, 0.2) is 16.1 Å². The van der Waals surface area contributed by atoms with E-state index in [-0.39, 0.29) is 0 Å². The first-order chi connectivity index (χ1) is 12.2. The predicted octanol–water partition coefficient (Wildman–Crippen LogP) is 4.68. The van der Waals surface area contributed by atoms with Gasteiger partial charge in [-0.3, -0.25) is 0 Å². The monoisotopic (exact) mass is 416 g/mol. The standard InChI is InChI=1S/C17H13BrN4O2S/c1-2-9-25-17-20-16-14(21-22-17)10-5-3-4-6-11(10)19-15(24-16)12-7-8-13(18)23-12/h2-8,15,19H,1,9H2/t15-/m1/s1. The van der Waals surface area contributed by atoms with Crippen LogP contribution < -0.4 is 10.1 Å². The van der Waals surface area contributed by atoms with E-state index >= 15 is 0 Å². The van der Waals surface area contributed by atoms with Crippen molar-refractivity contribution in [3.8, 4) is 17.1 Å². The number of thioether (sulfide) groups is 1. The number of aromatic nitrogens is 3. The number of nitrogens with one attached hydrogen (secondary N) is 1. The molecular formula is C17H13BrN4O2S. The lowest BCUT2D eigenvalue weighted by molar-refractivity contribution is 0.194. The SMILES string of the molecule is C=CCSc1nnc2c(n1)O[C@H](c1ccc(Br)o1)Nc1ccccc1-2. The number of ether oxygens (including phenoxy) is 1. The average molecular weight is 417 g/mol. The Balaban J connectivity index is 1.80. The van der Waals surface area contributed by atoms with Crippen molar-refractivity contribution in [1.82, 2.24) is 15.2 Å². The van der Waals surface area contributed by atoms with Gasteiger partial charge in [0.1, 0.15) is 0 Å². The highest BCUT2D eigenvalue weighted by molar-refractivity contribution is 9.10. The number of halogens is 1. The summed E-state index contributed by atoms with van der Waals surface area (Å²) in [6, 6.07) is 11.5. The second-order valence-corrected chi connectivity index (χ2v) is 6.95. The van der Waals surface area contributed by atoms with Gasteiger partial charge in [0.25, 0.3) is 0 Å². The molecule has 4 rings (SSSR count). The van der Waals surface area contributed by atoms with Gasteiger partial charge in [-0.1, -0.05) is 36.0 Å². The third-order valence-corrected chi connectivity index (χ3v) is 4.78. The van der Waals surface area contributed by atoms with E-state index in [1.807, 2.05) is 36.4 Å². The zero-order valence-corrected chi connectivity index (χ0v) is 15.4. The number of anilines is 1. The molecule has 3 heterocycles. The highest BCUT2D eigenvalue weighted by Gasteiger charge is 2.27. The van der Waals surface area contributed by atoms with Crippen LogP contribution in [0.1, 0.15) is 12.0 Å². The third-order valence-electron chi connectivity index (χ3n) is 3.52. The fourth-order valence-electron chi connectivity index (χ4n) is 2.44. The molecule has 1 aliphatic rings. The molecule has 8 heteroatoms. The summed E-state index contributed by atoms with van der Waals surface area (Å²) >= 11 is 4.77. The molecule has 0 unspecified atom stereocenters. The number of hydrogen-bond acceptors (Lipinski definition) is 7. The Labute approximate surface area is 156 Å². The molecule has 0 spiro atoms. The second-order valence-electron chi connectivity index (χ2n) is 5.18. The molecule has 0 saturated heterocycles. The van der Waals surface area contributed by atoms with E-state index in [9.17, 15) is 0 Å². The second kappa shape index (κ2) is 6.89. The van der Waals surface area contributed by atoms with E-state index in [1.54, 1.807) is 6.08 Å². The van der Waals surface area contributed by atoms with Crippen LogP contribution in [-0.4, -0.2) is 20.9 Å². The van der Waals surface area contributed by atoms with Crippen molar-refractivity contribution in [1.29, 1.82) is 0 Å². The molecule has 0 aliphatic carbocycles. The Kier molecular flexibility index (Phi) is 4.46. The van der Waals surface area contributed by atoms with E-state index in [0.717, 1.165) is 11.3 Å². The normalized spacial score (nSPS) is 15.3. The molecule has 25 heavy (non-hydrogen) atoms. The number of rotatable bonds is 4. The van der Waals surface area contributed by atoms with Gasteiger partial charge in [0.05, 0.1) is 0 Å². The van der Waals surface area contributed by atoms with Crippen LogP contribution in [0.15, 0.2) is 63.3 Å². The van der Waals surface area contributed by atoms with Crippen molar-refractivity contribution in [2.75, 3.05) is 11.1 Å². The average Bonchev–Trinajstić information content (AvgIpc) is 2.99. The molecule has 0 saturated carbocycles. The van der Waals surface area contributed by atoms with E-state index in [0.29, 0.717) is 32.9 Å². The first kappa shape index (κ1) is 16.2. The molecule has 3 aromatic rings. The molecule has 0 amide bonds. The number of benzene rings is 1. The maximum atomic E-state index is 6.08. The van der Waals surface area contributed by atoms with Crippen molar-refractivity contribution in [2.24, 2.45) is 0 Å². The number of nitrogens with zero attached hydrogens (tertiary/aromatic N) is 3. The molecular weight excluding hydrogens is 404 g/mol. The van der Waals surface area contributed by atoms with Crippen molar-refractivity contribution in [3.63, 3.8) is 0 Å². The van der Waals surface area contributed by atoms with Crippen LogP contribution in [0.3, 0.4) is 0 Å². The fourth-order valence-corrected chi connectivity index (χ4v) is 3.27. The Morgan fingerprint density at radius 2 is 2.12 bits per heavy atom. The number of para-hydroxylation sites is 1. The van der Waals surface area contributed by atoms with Crippen LogP contribution in [-0.2, 0) is 0 Å². The van der Waals surface area contributed by atoms with Gasteiger partial charge in [-0.15, -0.1) is 16.8 Å². The Morgan fingerprint density at radius 1 is 1.24 bits per heavy atom. The predicted molar refractivity (Wildman–Crippen MR) is 99.6 cm³/mol. The molecule has 126 valence electrons. The topological polar surface area (TPSA) is 73.1 Å². The molecule has 0 radical (unpaired) electrons.